The molecule has 2 aromatic rings. The van der Waals surface area contributed by atoms with Crippen molar-refractivity contribution in [3.63, 3.8) is 0 Å². The van der Waals surface area contributed by atoms with Gasteiger partial charge in [-0.3, -0.25) is 4.79 Å². The van der Waals surface area contributed by atoms with E-state index in [1.165, 1.54) is 22.5 Å². The number of halogens is 1. The molecule has 0 spiro atoms. The molecule has 22 heavy (non-hydrogen) atoms. The first-order valence-electron chi connectivity index (χ1n) is 7.10. The highest BCUT2D eigenvalue weighted by molar-refractivity contribution is 7.15. The SMILES string of the molecule is Cc1ccc(Cc2nnc(NC(=O)C3CCNC3)s2)cc1.Cl. The van der Waals surface area contributed by atoms with Gasteiger partial charge in [-0.05, 0) is 25.5 Å². The number of benzene rings is 1. The molecule has 1 aliphatic rings. The summed E-state index contributed by atoms with van der Waals surface area (Å²) in [4.78, 5) is 12.0. The van der Waals surface area contributed by atoms with Crippen molar-refractivity contribution >= 4 is 34.8 Å². The fourth-order valence-corrected chi connectivity index (χ4v) is 3.12. The Labute approximate surface area is 139 Å². The Bertz CT molecular complexity index is 623. The first kappa shape index (κ1) is 16.9. The summed E-state index contributed by atoms with van der Waals surface area (Å²) in [5.41, 5.74) is 2.45. The maximum atomic E-state index is 12.0. The topological polar surface area (TPSA) is 66.9 Å². The minimum atomic E-state index is 0. The highest BCUT2D eigenvalue weighted by Gasteiger charge is 2.23. The fourth-order valence-electron chi connectivity index (χ4n) is 2.34. The summed E-state index contributed by atoms with van der Waals surface area (Å²) >= 11 is 1.44. The van der Waals surface area contributed by atoms with Gasteiger partial charge in [-0.2, -0.15) is 0 Å². The van der Waals surface area contributed by atoms with Gasteiger partial charge in [0.25, 0.3) is 0 Å². The third-order valence-corrected chi connectivity index (χ3v) is 4.44. The van der Waals surface area contributed by atoms with Crippen molar-refractivity contribution in [2.45, 2.75) is 19.8 Å². The molecule has 1 aliphatic heterocycles. The molecule has 1 atom stereocenters. The van der Waals surface area contributed by atoms with E-state index in [0.717, 1.165) is 30.9 Å². The second kappa shape index (κ2) is 7.67. The third kappa shape index (κ3) is 4.25. The minimum absolute atomic E-state index is 0. The van der Waals surface area contributed by atoms with Crippen LogP contribution < -0.4 is 10.6 Å². The predicted molar refractivity (Wildman–Crippen MR) is 90.7 cm³/mol. The van der Waals surface area contributed by atoms with Crippen LogP contribution in [-0.2, 0) is 11.2 Å². The number of aromatic nitrogens is 2. The molecule has 0 aliphatic carbocycles. The zero-order valence-corrected chi connectivity index (χ0v) is 14.0. The Balaban J connectivity index is 0.00000176. The van der Waals surface area contributed by atoms with Gasteiger partial charge in [0.15, 0.2) is 0 Å². The van der Waals surface area contributed by atoms with Crippen molar-refractivity contribution in [3.8, 4) is 0 Å². The summed E-state index contributed by atoms with van der Waals surface area (Å²) in [7, 11) is 0. The van der Waals surface area contributed by atoms with E-state index in [-0.39, 0.29) is 24.2 Å². The lowest BCUT2D eigenvalue weighted by atomic mass is 10.1. The van der Waals surface area contributed by atoms with Crippen LogP contribution in [-0.4, -0.2) is 29.2 Å². The minimum Gasteiger partial charge on any atom is -0.316 e. The number of carbonyl (C=O) groups is 1. The van der Waals surface area contributed by atoms with Crippen LogP contribution in [0.3, 0.4) is 0 Å². The van der Waals surface area contributed by atoms with Gasteiger partial charge in [0.05, 0.1) is 5.92 Å². The van der Waals surface area contributed by atoms with Crippen molar-refractivity contribution < 1.29 is 4.79 Å². The molecule has 1 fully saturated rings. The highest BCUT2D eigenvalue weighted by Crippen LogP contribution is 2.20. The van der Waals surface area contributed by atoms with Crippen LogP contribution in [0.2, 0.25) is 0 Å². The zero-order chi connectivity index (χ0) is 14.7. The number of amides is 1. The first-order valence-corrected chi connectivity index (χ1v) is 7.92. The molecule has 0 radical (unpaired) electrons. The fraction of sp³-hybridized carbons (Fsp3) is 0.400. The quantitative estimate of drug-likeness (QED) is 0.898. The van der Waals surface area contributed by atoms with Crippen LogP contribution in [0, 0.1) is 12.8 Å². The number of hydrogen-bond acceptors (Lipinski definition) is 5. The lowest BCUT2D eigenvalue weighted by molar-refractivity contribution is -0.119. The van der Waals surface area contributed by atoms with E-state index < -0.39 is 0 Å². The van der Waals surface area contributed by atoms with Gasteiger partial charge >= 0.3 is 0 Å². The highest BCUT2D eigenvalue weighted by atomic mass is 35.5. The van der Waals surface area contributed by atoms with E-state index in [9.17, 15) is 4.79 Å². The van der Waals surface area contributed by atoms with E-state index in [2.05, 4.69) is 52.0 Å². The zero-order valence-electron chi connectivity index (χ0n) is 12.3. The lowest BCUT2D eigenvalue weighted by Gasteiger charge is -2.06. The summed E-state index contributed by atoms with van der Waals surface area (Å²) in [6, 6.07) is 8.37. The van der Waals surface area contributed by atoms with Crippen LogP contribution in [0.25, 0.3) is 0 Å². The van der Waals surface area contributed by atoms with Crippen LogP contribution in [0.4, 0.5) is 5.13 Å². The number of aryl methyl sites for hydroxylation is 1. The van der Waals surface area contributed by atoms with E-state index in [4.69, 9.17) is 0 Å². The van der Waals surface area contributed by atoms with Gasteiger partial charge in [0.2, 0.25) is 11.0 Å². The molecular formula is C15H19ClN4OS. The summed E-state index contributed by atoms with van der Waals surface area (Å²) in [6.45, 7) is 3.73. The van der Waals surface area contributed by atoms with Gasteiger partial charge in [-0.25, -0.2) is 0 Å². The molecule has 5 nitrogen and oxygen atoms in total. The average molecular weight is 339 g/mol. The molecule has 1 saturated heterocycles. The molecule has 1 unspecified atom stereocenters. The lowest BCUT2D eigenvalue weighted by Crippen LogP contribution is -2.24. The molecule has 2 heterocycles. The van der Waals surface area contributed by atoms with Crippen LogP contribution in [0.5, 0.6) is 0 Å². The molecule has 1 aromatic carbocycles. The molecule has 7 heteroatoms. The van der Waals surface area contributed by atoms with E-state index in [1.807, 2.05) is 0 Å². The predicted octanol–water partition coefficient (Wildman–Crippen LogP) is 2.41. The Kier molecular flexibility index (Phi) is 5.88. The molecule has 0 saturated carbocycles. The number of anilines is 1. The van der Waals surface area contributed by atoms with Gasteiger partial charge in [0.1, 0.15) is 5.01 Å². The van der Waals surface area contributed by atoms with E-state index >= 15 is 0 Å². The second-order valence-corrected chi connectivity index (χ2v) is 6.40. The van der Waals surface area contributed by atoms with E-state index in [1.54, 1.807) is 0 Å². The summed E-state index contributed by atoms with van der Waals surface area (Å²) in [5.74, 6) is 0.0903. The monoisotopic (exact) mass is 338 g/mol. The van der Waals surface area contributed by atoms with Crippen molar-refractivity contribution in [3.05, 3.63) is 40.4 Å². The summed E-state index contributed by atoms with van der Waals surface area (Å²) in [5, 5.41) is 15.8. The van der Waals surface area contributed by atoms with E-state index in [0.29, 0.717) is 5.13 Å². The van der Waals surface area contributed by atoms with Crippen LogP contribution >= 0.6 is 23.7 Å². The van der Waals surface area contributed by atoms with Gasteiger partial charge < -0.3 is 10.6 Å². The maximum Gasteiger partial charge on any atom is 0.230 e. The van der Waals surface area contributed by atoms with Crippen molar-refractivity contribution in [2.75, 3.05) is 18.4 Å². The smallest absolute Gasteiger partial charge is 0.230 e. The van der Waals surface area contributed by atoms with Crippen LogP contribution in [0.1, 0.15) is 22.6 Å². The Morgan fingerprint density at radius 1 is 1.36 bits per heavy atom. The van der Waals surface area contributed by atoms with Crippen molar-refractivity contribution in [1.82, 2.24) is 15.5 Å². The second-order valence-electron chi connectivity index (χ2n) is 5.34. The number of rotatable bonds is 4. The molecule has 0 bridgehead atoms. The van der Waals surface area contributed by atoms with Crippen molar-refractivity contribution in [2.24, 2.45) is 5.92 Å². The molecular weight excluding hydrogens is 320 g/mol. The molecule has 1 amide bonds. The Morgan fingerprint density at radius 2 is 2.14 bits per heavy atom. The standard InChI is InChI=1S/C15H18N4OS.ClH/c1-10-2-4-11(5-3-10)8-13-18-19-15(21-13)17-14(20)12-6-7-16-9-12;/h2-5,12,16H,6-9H2,1H3,(H,17,19,20);1H. The number of nitrogens with zero attached hydrogens (tertiary/aromatic N) is 2. The van der Waals surface area contributed by atoms with Gasteiger partial charge in [-0.15, -0.1) is 22.6 Å². The first-order chi connectivity index (χ1) is 10.2. The average Bonchev–Trinajstić information content (AvgIpc) is 3.13. The number of carbonyl (C=O) groups excluding carboxylic acids is 1. The molecule has 3 rings (SSSR count). The van der Waals surface area contributed by atoms with Crippen LogP contribution in [0.15, 0.2) is 24.3 Å². The largest absolute Gasteiger partial charge is 0.316 e. The van der Waals surface area contributed by atoms with Gasteiger partial charge in [-0.1, -0.05) is 41.2 Å². The molecule has 2 N–H and O–H groups in total. The molecule has 118 valence electrons. The van der Waals surface area contributed by atoms with Gasteiger partial charge in [0, 0.05) is 13.0 Å². The van der Waals surface area contributed by atoms with Crippen molar-refractivity contribution in [1.29, 1.82) is 0 Å². The maximum absolute atomic E-state index is 12.0. The summed E-state index contributed by atoms with van der Waals surface area (Å²) < 4.78 is 0. The number of hydrogen-bond donors (Lipinski definition) is 2. The summed E-state index contributed by atoms with van der Waals surface area (Å²) in [6.07, 6.45) is 1.64. The Morgan fingerprint density at radius 3 is 2.82 bits per heavy atom. The molecule has 1 aromatic heterocycles. The number of nitrogens with one attached hydrogen (secondary N) is 2. The third-order valence-electron chi connectivity index (χ3n) is 3.60. The Hall–Kier alpha value is -1.50. The normalized spacial score (nSPS) is 17.0.